The SMILES string of the molecule is C[C@@H](Oc1ccc(Cl)cc1Br)C(=O)Nc1sccc1C(N)=O. The fraction of sp³-hybridized carbons (Fsp3) is 0.143. The average molecular weight is 404 g/mol. The van der Waals surface area contributed by atoms with Crippen molar-refractivity contribution in [1.82, 2.24) is 0 Å². The second-order valence-electron chi connectivity index (χ2n) is 4.35. The maximum absolute atomic E-state index is 12.1. The Kier molecular flexibility index (Phi) is 5.44. The van der Waals surface area contributed by atoms with Crippen molar-refractivity contribution in [2.75, 3.05) is 5.32 Å². The lowest BCUT2D eigenvalue weighted by Gasteiger charge is -2.15. The normalized spacial score (nSPS) is 11.8. The summed E-state index contributed by atoms with van der Waals surface area (Å²) < 4.78 is 6.23. The number of carbonyl (C=O) groups excluding carboxylic acids is 2. The molecule has 116 valence electrons. The van der Waals surface area contributed by atoms with Gasteiger partial charge in [-0.15, -0.1) is 11.3 Å². The molecule has 0 fully saturated rings. The van der Waals surface area contributed by atoms with Crippen LogP contribution in [0.1, 0.15) is 17.3 Å². The van der Waals surface area contributed by atoms with Crippen molar-refractivity contribution < 1.29 is 14.3 Å². The van der Waals surface area contributed by atoms with Gasteiger partial charge in [-0.1, -0.05) is 11.6 Å². The van der Waals surface area contributed by atoms with Crippen molar-refractivity contribution >= 4 is 55.7 Å². The summed E-state index contributed by atoms with van der Waals surface area (Å²) >= 11 is 10.4. The number of ether oxygens (including phenoxy) is 1. The van der Waals surface area contributed by atoms with E-state index in [2.05, 4.69) is 21.2 Å². The molecule has 1 heterocycles. The first-order valence-electron chi connectivity index (χ1n) is 6.18. The van der Waals surface area contributed by atoms with Gasteiger partial charge in [0.25, 0.3) is 11.8 Å². The number of rotatable bonds is 5. The van der Waals surface area contributed by atoms with Crippen LogP contribution < -0.4 is 15.8 Å². The molecule has 8 heteroatoms. The van der Waals surface area contributed by atoms with E-state index in [1.54, 1.807) is 36.6 Å². The first kappa shape index (κ1) is 16.8. The predicted octanol–water partition coefficient (Wildman–Crippen LogP) is 3.67. The molecule has 0 saturated carbocycles. The maximum Gasteiger partial charge on any atom is 0.265 e. The zero-order chi connectivity index (χ0) is 16.3. The van der Waals surface area contributed by atoms with E-state index in [-0.39, 0.29) is 11.5 Å². The van der Waals surface area contributed by atoms with Crippen LogP contribution in [0.5, 0.6) is 5.75 Å². The number of thiophene rings is 1. The van der Waals surface area contributed by atoms with Gasteiger partial charge in [-0.3, -0.25) is 9.59 Å². The fourth-order valence-electron chi connectivity index (χ4n) is 1.63. The van der Waals surface area contributed by atoms with E-state index in [9.17, 15) is 9.59 Å². The smallest absolute Gasteiger partial charge is 0.265 e. The lowest BCUT2D eigenvalue weighted by atomic mass is 10.3. The fourth-order valence-corrected chi connectivity index (χ4v) is 3.20. The summed E-state index contributed by atoms with van der Waals surface area (Å²) in [5.74, 6) is -0.481. The van der Waals surface area contributed by atoms with Crippen LogP contribution in [-0.2, 0) is 4.79 Å². The zero-order valence-corrected chi connectivity index (χ0v) is 14.6. The Balaban J connectivity index is 2.06. The maximum atomic E-state index is 12.1. The molecular formula is C14H12BrClN2O3S. The van der Waals surface area contributed by atoms with E-state index in [1.165, 1.54) is 11.3 Å². The first-order chi connectivity index (χ1) is 10.4. The second kappa shape index (κ2) is 7.13. The quantitative estimate of drug-likeness (QED) is 0.799. The molecule has 1 aromatic carbocycles. The monoisotopic (exact) mass is 402 g/mol. The van der Waals surface area contributed by atoms with Gasteiger partial charge in [0.05, 0.1) is 10.0 Å². The number of amides is 2. The molecule has 0 radical (unpaired) electrons. The minimum absolute atomic E-state index is 0.276. The summed E-state index contributed by atoms with van der Waals surface area (Å²) in [6.45, 7) is 1.61. The van der Waals surface area contributed by atoms with Crippen molar-refractivity contribution in [1.29, 1.82) is 0 Å². The number of hydrogen-bond acceptors (Lipinski definition) is 4. The standard InChI is InChI=1S/C14H12BrClN2O3S/c1-7(21-11-3-2-8(16)6-10(11)15)13(20)18-14-9(12(17)19)4-5-22-14/h2-7H,1H3,(H2,17,19)(H,18,20)/t7-/m1/s1. The van der Waals surface area contributed by atoms with Crippen molar-refractivity contribution in [3.63, 3.8) is 0 Å². The van der Waals surface area contributed by atoms with Crippen molar-refractivity contribution in [3.8, 4) is 5.75 Å². The van der Waals surface area contributed by atoms with E-state index in [4.69, 9.17) is 22.1 Å². The summed E-state index contributed by atoms with van der Waals surface area (Å²) in [6, 6.07) is 6.56. The highest BCUT2D eigenvalue weighted by molar-refractivity contribution is 9.10. The Morgan fingerprint density at radius 2 is 2.14 bits per heavy atom. The van der Waals surface area contributed by atoms with Crippen LogP contribution in [0.2, 0.25) is 5.02 Å². The van der Waals surface area contributed by atoms with Crippen LogP contribution in [-0.4, -0.2) is 17.9 Å². The first-order valence-corrected chi connectivity index (χ1v) is 8.23. The highest BCUT2D eigenvalue weighted by Gasteiger charge is 2.19. The van der Waals surface area contributed by atoms with E-state index >= 15 is 0 Å². The number of carbonyl (C=O) groups is 2. The largest absolute Gasteiger partial charge is 0.480 e. The third-order valence-corrected chi connectivity index (χ3v) is 4.42. The predicted molar refractivity (Wildman–Crippen MR) is 90.7 cm³/mol. The molecule has 0 aliphatic carbocycles. The molecular weight excluding hydrogens is 392 g/mol. The van der Waals surface area contributed by atoms with Crippen molar-refractivity contribution in [2.45, 2.75) is 13.0 Å². The molecule has 1 atom stereocenters. The van der Waals surface area contributed by atoms with Gasteiger partial charge in [0.2, 0.25) is 0 Å². The summed E-state index contributed by atoms with van der Waals surface area (Å²) in [7, 11) is 0. The molecule has 2 amide bonds. The van der Waals surface area contributed by atoms with Gasteiger partial charge in [0.15, 0.2) is 6.10 Å². The molecule has 5 nitrogen and oxygen atoms in total. The zero-order valence-electron chi connectivity index (χ0n) is 11.4. The lowest BCUT2D eigenvalue weighted by molar-refractivity contribution is -0.122. The van der Waals surface area contributed by atoms with E-state index in [0.29, 0.717) is 20.2 Å². The van der Waals surface area contributed by atoms with Gasteiger partial charge in [0, 0.05) is 5.02 Å². The number of hydrogen-bond donors (Lipinski definition) is 2. The minimum atomic E-state index is -0.764. The number of nitrogens with one attached hydrogen (secondary N) is 1. The Labute approximate surface area is 144 Å². The van der Waals surface area contributed by atoms with Crippen molar-refractivity contribution in [2.24, 2.45) is 5.73 Å². The van der Waals surface area contributed by atoms with Crippen LogP contribution in [0.25, 0.3) is 0 Å². The van der Waals surface area contributed by atoms with Gasteiger partial charge < -0.3 is 15.8 Å². The second-order valence-corrected chi connectivity index (χ2v) is 6.56. The van der Waals surface area contributed by atoms with Crippen LogP contribution >= 0.6 is 38.9 Å². The Bertz CT molecular complexity index is 720. The molecule has 22 heavy (non-hydrogen) atoms. The molecule has 0 aliphatic heterocycles. The number of nitrogens with two attached hydrogens (primary N) is 1. The van der Waals surface area contributed by atoms with Gasteiger partial charge >= 0.3 is 0 Å². The molecule has 0 aliphatic rings. The minimum Gasteiger partial charge on any atom is -0.480 e. The van der Waals surface area contributed by atoms with Crippen LogP contribution in [0, 0.1) is 0 Å². The summed E-state index contributed by atoms with van der Waals surface area (Å²) in [4.78, 5) is 23.4. The van der Waals surface area contributed by atoms with Crippen LogP contribution in [0.3, 0.4) is 0 Å². The molecule has 0 unspecified atom stereocenters. The number of benzene rings is 1. The average Bonchev–Trinajstić information content (AvgIpc) is 2.90. The number of primary amides is 1. The molecule has 2 rings (SSSR count). The van der Waals surface area contributed by atoms with Gasteiger partial charge in [-0.05, 0) is 52.5 Å². The van der Waals surface area contributed by atoms with Crippen LogP contribution in [0.15, 0.2) is 34.1 Å². The Morgan fingerprint density at radius 1 is 1.41 bits per heavy atom. The van der Waals surface area contributed by atoms with Crippen molar-refractivity contribution in [3.05, 3.63) is 44.7 Å². The number of anilines is 1. The molecule has 3 N–H and O–H groups in total. The van der Waals surface area contributed by atoms with Crippen LogP contribution in [0.4, 0.5) is 5.00 Å². The Hall–Kier alpha value is -1.57. The van der Waals surface area contributed by atoms with E-state index in [1.807, 2.05) is 0 Å². The van der Waals surface area contributed by atoms with Gasteiger partial charge in [0.1, 0.15) is 10.8 Å². The summed E-state index contributed by atoms with van der Waals surface area (Å²) in [5, 5.41) is 5.27. The number of halogens is 2. The molecule has 2 aromatic rings. The molecule has 0 bridgehead atoms. The van der Waals surface area contributed by atoms with E-state index in [0.717, 1.165) is 0 Å². The van der Waals surface area contributed by atoms with Gasteiger partial charge in [-0.2, -0.15) is 0 Å². The highest BCUT2D eigenvalue weighted by Crippen LogP contribution is 2.29. The third-order valence-electron chi connectivity index (χ3n) is 2.73. The molecule has 0 spiro atoms. The van der Waals surface area contributed by atoms with E-state index < -0.39 is 12.0 Å². The summed E-state index contributed by atoms with van der Waals surface area (Å²) in [5.41, 5.74) is 5.51. The summed E-state index contributed by atoms with van der Waals surface area (Å²) in [6.07, 6.45) is -0.764. The Morgan fingerprint density at radius 3 is 2.77 bits per heavy atom. The third kappa shape index (κ3) is 4.00. The topological polar surface area (TPSA) is 81.4 Å². The molecule has 1 aromatic heterocycles. The highest BCUT2D eigenvalue weighted by atomic mass is 79.9. The van der Waals surface area contributed by atoms with Gasteiger partial charge in [-0.25, -0.2) is 0 Å². The lowest BCUT2D eigenvalue weighted by Crippen LogP contribution is -2.30. The molecule has 0 saturated heterocycles.